The summed E-state index contributed by atoms with van der Waals surface area (Å²) in [5.74, 6) is -1.98. The molecule has 0 heterocycles. The van der Waals surface area contributed by atoms with E-state index < -0.39 is 24.4 Å². The van der Waals surface area contributed by atoms with Crippen molar-refractivity contribution in [2.45, 2.75) is 6.92 Å². The van der Waals surface area contributed by atoms with Crippen LogP contribution in [0, 0.1) is 0 Å². The topological polar surface area (TPSA) is 114 Å². The molecule has 0 saturated carbocycles. The van der Waals surface area contributed by atoms with Crippen LogP contribution in [0.1, 0.15) is 12.5 Å². The fourth-order valence-corrected chi connectivity index (χ4v) is 2.23. The van der Waals surface area contributed by atoms with E-state index >= 15 is 0 Å². The first kappa shape index (κ1) is 21.4. The minimum atomic E-state index is -0.742. The summed E-state index contributed by atoms with van der Waals surface area (Å²) in [6, 6.07) is 15.8. The van der Waals surface area contributed by atoms with Crippen molar-refractivity contribution in [3.05, 3.63) is 66.2 Å². The van der Waals surface area contributed by atoms with Crippen LogP contribution in [0.4, 0.5) is 11.4 Å². The maximum absolute atomic E-state index is 11.9. The number of nitrogens with one attached hydrogen (secondary N) is 3. The molecule has 0 aromatic heterocycles. The highest BCUT2D eigenvalue weighted by Crippen LogP contribution is 2.14. The lowest BCUT2D eigenvalue weighted by atomic mass is 10.2. The van der Waals surface area contributed by atoms with E-state index in [1.807, 2.05) is 30.3 Å². The van der Waals surface area contributed by atoms with Crippen LogP contribution in [0.2, 0.25) is 0 Å². The van der Waals surface area contributed by atoms with E-state index in [1.54, 1.807) is 30.3 Å². The summed E-state index contributed by atoms with van der Waals surface area (Å²) in [7, 11) is 0. The zero-order valence-corrected chi connectivity index (χ0v) is 15.8. The maximum Gasteiger partial charge on any atom is 0.325 e. The zero-order chi connectivity index (χ0) is 21.1. The van der Waals surface area contributed by atoms with E-state index in [9.17, 15) is 19.2 Å². The van der Waals surface area contributed by atoms with Gasteiger partial charge in [0.15, 0.2) is 6.61 Å². The number of carbonyl (C=O) groups excluding carboxylic acids is 4. The van der Waals surface area contributed by atoms with Crippen LogP contribution < -0.4 is 16.0 Å². The van der Waals surface area contributed by atoms with E-state index in [-0.39, 0.29) is 12.5 Å². The molecule has 0 aliphatic heterocycles. The van der Waals surface area contributed by atoms with Gasteiger partial charge < -0.3 is 20.7 Å². The molecule has 0 bridgehead atoms. The molecule has 0 spiro atoms. The quantitative estimate of drug-likeness (QED) is 0.467. The summed E-state index contributed by atoms with van der Waals surface area (Å²) < 4.78 is 4.82. The van der Waals surface area contributed by atoms with Crippen LogP contribution in [-0.2, 0) is 23.9 Å². The molecule has 3 amide bonds. The Kier molecular flexibility index (Phi) is 8.12. The number of hydrogen-bond donors (Lipinski definition) is 3. The van der Waals surface area contributed by atoms with Crippen LogP contribution in [0.15, 0.2) is 60.7 Å². The second-order valence-corrected chi connectivity index (χ2v) is 5.93. The number of esters is 1. The van der Waals surface area contributed by atoms with Gasteiger partial charge in [-0.25, -0.2) is 0 Å². The van der Waals surface area contributed by atoms with E-state index in [4.69, 9.17) is 4.74 Å². The van der Waals surface area contributed by atoms with Crippen LogP contribution in [0.25, 0.3) is 6.08 Å². The summed E-state index contributed by atoms with van der Waals surface area (Å²) in [6.07, 6.45) is 2.92. The Morgan fingerprint density at radius 2 is 1.62 bits per heavy atom. The molecule has 8 heteroatoms. The van der Waals surface area contributed by atoms with Gasteiger partial charge in [0.1, 0.15) is 6.54 Å². The number of carbonyl (C=O) groups is 4. The monoisotopic (exact) mass is 395 g/mol. The Morgan fingerprint density at radius 1 is 0.931 bits per heavy atom. The predicted molar refractivity (Wildman–Crippen MR) is 109 cm³/mol. The summed E-state index contributed by atoms with van der Waals surface area (Å²) in [5.41, 5.74) is 1.82. The first-order chi connectivity index (χ1) is 13.9. The van der Waals surface area contributed by atoms with Gasteiger partial charge in [-0.2, -0.15) is 0 Å². The van der Waals surface area contributed by atoms with Gasteiger partial charge in [0.25, 0.3) is 5.91 Å². The van der Waals surface area contributed by atoms with Gasteiger partial charge in [0, 0.05) is 24.4 Å². The fraction of sp³-hybridized carbons (Fsp3) is 0.143. The van der Waals surface area contributed by atoms with Gasteiger partial charge >= 0.3 is 5.97 Å². The molecule has 0 aliphatic rings. The van der Waals surface area contributed by atoms with Crippen LogP contribution in [0.5, 0.6) is 0 Å². The molecule has 0 saturated heterocycles. The highest BCUT2D eigenvalue weighted by molar-refractivity contribution is 5.96. The minimum Gasteiger partial charge on any atom is -0.454 e. The van der Waals surface area contributed by atoms with Crippen molar-refractivity contribution < 1.29 is 23.9 Å². The lowest BCUT2D eigenvalue weighted by Gasteiger charge is -2.08. The van der Waals surface area contributed by atoms with E-state index in [0.29, 0.717) is 11.4 Å². The third kappa shape index (κ3) is 8.53. The highest BCUT2D eigenvalue weighted by atomic mass is 16.5. The van der Waals surface area contributed by atoms with Gasteiger partial charge in [-0.3, -0.25) is 19.2 Å². The van der Waals surface area contributed by atoms with Gasteiger partial charge in [-0.15, -0.1) is 0 Å². The van der Waals surface area contributed by atoms with Crippen molar-refractivity contribution >= 4 is 41.1 Å². The maximum atomic E-state index is 11.9. The smallest absolute Gasteiger partial charge is 0.325 e. The molecule has 29 heavy (non-hydrogen) atoms. The molecule has 2 aromatic rings. The molecule has 150 valence electrons. The largest absolute Gasteiger partial charge is 0.454 e. The van der Waals surface area contributed by atoms with Gasteiger partial charge in [0.2, 0.25) is 11.8 Å². The molecule has 2 aromatic carbocycles. The molecular weight excluding hydrogens is 374 g/mol. The Hall–Kier alpha value is -3.94. The zero-order valence-electron chi connectivity index (χ0n) is 15.8. The van der Waals surface area contributed by atoms with Crippen molar-refractivity contribution in [1.29, 1.82) is 0 Å². The third-order valence-corrected chi connectivity index (χ3v) is 3.46. The van der Waals surface area contributed by atoms with Crippen molar-refractivity contribution in [3.8, 4) is 0 Å². The number of anilines is 2. The highest BCUT2D eigenvalue weighted by Gasteiger charge is 2.09. The Bertz CT molecular complexity index is 910. The molecule has 0 atom stereocenters. The number of hydrogen-bond acceptors (Lipinski definition) is 5. The molecular formula is C21H21N3O5. The molecule has 3 N–H and O–H groups in total. The van der Waals surface area contributed by atoms with E-state index in [1.165, 1.54) is 13.0 Å². The Morgan fingerprint density at radius 3 is 2.31 bits per heavy atom. The van der Waals surface area contributed by atoms with Crippen LogP contribution in [0.3, 0.4) is 0 Å². The Balaban J connectivity index is 1.70. The number of amides is 3. The second-order valence-electron chi connectivity index (χ2n) is 5.93. The van der Waals surface area contributed by atoms with Crippen molar-refractivity contribution in [2.24, 2.45) is 0 Å². The summed E-state index contributed by atoms with van der Waals surface area (Å²) >= 11 is 0. The summed E-state index contributed by atoms with van der Waals surface area (Å²) in [5, 5.41) is 7.52. The molecule has 0 aliphatic carbocycles. The van der Waals surface area contributed by atoms with Gasteiger partial charge in [-0.05, 0) is 29.8 Å². The van der Waals surface area contributed by atoms with Crippen LogP contribution >= 0.6 is 0 Å². The first-order valence-electron chi connectivity index (χ1n) is 8.76. The molecule has 8 nitrogen and oxygen atoms in total. The fourth-order valence-electron chi connectivity index (χ4n) is 2.23. The van der Waals surface area contributed by atoms with Crippen molar-refractivity contribution in [1.82, 2.24) is 5.32 Å². The van der Waals surface area contributed by atoms with Gasteiger partial charge in [0.05, 0.1) is 0 Å². The predicted octanol–water partition coefficient (Wildman–Crippen LogP) is 1.96. The summed E-state index contributed by atoms with van der Waals surface area (Å²) in [4.78, 5) is 46.3. The molecule has 0 unspecified atom stereocenters. The lowest BCUT2D eigenvalue weighted by Crippen LogP contribution is -2.31. The Labute approximate surface area is 167 Å². The molecule has 2 rings (SSSR count). The van der Waals surface area contributed by atoms with Crippen molar-refractivity contribution in [3.63, 3.8) is 0 Å². The molecule has 0 fully saturated rings. The SMILES string of the molecule is CC(=O)Nc1cccc(NC(=O)COC(=O)CNC(=O)/C=C/c2ccccc2)c1. The minimum absolute atomic E-state index is 0.233. The number of benzene rings is 2. The average molecular weight is 395 g/mol. The van der Waals surface area contributed by atoms with Crippen molar-refractivity contribution in [2.75, 3.05) is 23.8 Å². The number of ether oxygens (including phenoxy) is 1. The van der Waals surface area contributed by atoms with E-state index in [2.05, 4.69) is 16.0 Å². The number of rotatable bonds is 8. The van der Waals surface area contributed by atoms with Gasteiger partial charge in [-0.1, -0.05) is 36.4 Å². The normalized spacial score (nSPS) is 10.2. The molecule has 0 radical (unpaired) electrons. The summed E-state index contributed by atoms with van der Waals surface area (Å²) in [6.45, 7) is 0.517. The van der Waals surface area contributed by atoms with E-state index in [0.717, 1.165) is 5.56 Å². The second kappa shape index (κ2) is 11.0. The lowest BCUT2D eigenvalue weighted by molar-refractivity contribution is -0.146. The van der Waals surface area contributed by atoms with Crippen LogP contribution in [-0.4, -0.2) is 36.8 Å². The average Bonchev–Trinajstić information content (AvgIpc) is 2.69. The standard InChI is InChI=1S/C21H21N3O5/c1-15(25)23-17-8-5-9-18(12-17)24-20(27)14-29-21(28)13-22-19(26)11-10-16-6-3-2-4-7-16/h2-12H,13-14H2,1H3,(H,22,26)(H,23,25)(H,24,27)/b11-10+. The third-order valence-electron chi connectivity index (χ3n) is 3.46. The first-order valence-corrected chi connectivity index (χ1v) is 8.76.